The Kier molecular flexibility index (Phi) is 26.8. The monoisotopic (exact) mass is 1570 g/mol. The molecular weight excluding hydrogens is 1480 g/mol. The number of aromatic amines is 3. The van der Waals surface area contributed by atoms with Gasteiger partial charge in [-0.3, -0.25) is 19.2 Å². The lowest BCUT2D eigenvalue weighted by Gasteiger charge is -2.21. The van der Waals surface area contributed by atoms with Crippen molar-refractivity contribution in [2.75, 3.05) is 21.3 Å². The average Bonchev–Trinajstić information content (AvgIpc) is 1.63. The van der Waals surface area contributed by atoms with Crippen LogP contribution < -0.4 is 35.5 Å². The van der Waals surface area contributed by atoms with Crippen LogP contribution in [0.2, 0.25) is 10.0 Å². The fourth-order valence-corrected chi connectivity index (χ4v) is 13.3. The summed E-state index contributed by atoms with van der Waals surface area (Å²) in [6, 6.07) is 78.2. The van der Waals surface area contributed by atoms with Crippen molar-refractivity contribution in [3.63, 3.8) is 0 Å². The summed E-state index contributed by atoms with van der Waals surface area (Å²) in [5, 5.41) is 27.4. The second-order valence-corrected chi connectivity index (χ2v) is 28.6. The predicted octanol–water partition coefficient (Wildman–Crippen LogP) is 22.1. The highest BCUT2D eigenvalue weighted by molar-refractivity contribution is 6.36. The lowest BCUT2D eigenvalue weighted by molar-refractivity contribution is -0.123. The number of carbonyl (C=O) groups is 4. The highest BCUT2D eigenvalue weighted by Crippen LogP contribution is 2.38. The number of nitrogens with zero attached hydrogens (tertiary/aromatic N) is 5. The number of anilines is 4. The van der Waals surface area contributed by atoms with E-state index in [-0.39, 0.29) is 34.5 Å². The third-order valence-electron chi connectivity index (χ3n) is 19.0. The van der Waals surface area contributed by atoms with Crippen LogP contribution in [0, 0.1) is 52.9 Å². The maximum Gasteiger partial charge on any atom is 0.265 e. The van der Waals surface area contributed by atoms with Crippen molar-refractivity contribution in [3.05, 3.63) is 316 Å². The number of hydrogen-bond donors (Lipinski definition) is 7. The van der Waals surface area contributed by atoms with Crippen molar-refractivity contribution < 1.29 is 33.4 Å². The van der Waals surface area contributed by atoms with Gasteiger partial charge >= 0.3 is 0 Å². The van der Waals surface area contributed by atoms with Gasteiger partial charge in [0.05, 0.1) is 46.4 Å². The minimum absolute atomic E-state index is 0.149. The average molecular weight is 1570 g/mol. The molecule has 0 radical (unpaired) electrons. The zero-order chi connectivity index (χ0) is 81.1. The van der Waals surface area contributed by atoms with Crippen LogP contribution in [0.15, 0.2) is 261 Å². The second kappa shape index (κ2) is 38.1. The maximum absolute atomic E-state index is 13.3. The van der Waals surface area contributed by atoms with Gasteiger partial charge in [-0.05, 0) is 162 Å². The molecule has 0 fully saturated rings. The number of aromatic nitrogens is 7. The molecule has 3 atom stereocenters. The second-order valence-electron chi connectivity index (χ2n) is 27.8. The highest BCUT2D eigenvalue weighted by atomic mass is 35.5. The molecule has 0 bridgehead atoms. The number of imidazole rings is 2. The van der Waals surface area contributed by atoms with Gasteiger partial charge in [-0.15, -0.1) is 0 Å². The number of nitriles is 1. The van der Waals surface area contributed by atoms with E-state index in [2.05, 4.69) is 65.2 Å². The van der Waals surface area contributed by atoms with Gasteiger partial charge in [0.1, 0.15) is 39.9 Å². The van der Waals surface area contributed by atoms with Gasteiger partial charge in [-0.25, -0.2) is 9.97 Å². The SMILES string of the molecule is CCC(Oc1ccc(C)cc1C)C(=O)Nc1ccc(-c2[nH]cc(-c3ccc(Cl)cc3)c2C#N)cc1.CCCCC(Oc1ccc(C)cc1C)C(=O)Nc1ccccc1-c1cnc(-c2ccccc2)[nH]1.Cc1ccc(OC(C)C(=O)Nc2ccccc2-c2cnc(-n3nc(-c4ccccc4)c(Cl)c3NC(=O)c3ccccc3)[nH]2)c(C)c1. The van der Waals surface area contributed by atoms with Crippen molar-refractivity contribution >= 4 is 69.7 Å². The van der Waals surface area contributed by atoms with Crippen LogP contribution in [-0.4, -0.2) is 76.6 Å². The molecule has 0 saturated heterocycles. The normalized spacial score (nSPS) is 11.6. The lowest BCUT2D eigenvalue weighted by Crippen LogP contribution is -2.33. The van der Waals surface area contributed by atoms with E-state index >= 15 is 0 Å². The molecule has 10 aromatic carbocycles. The molecule has 14 aromatic rings. The summed E-state index contributed by atoms with van der Waals surface area (Å²) in [4.78, 5) is 71.6. The number of unbranched alkanes of at least 4 members (excludes halogenated alkanes) is 1. The molecular formula is C94H88Cl2N12O7. The summed E-state index contributed by atoms with van der Waals surface area (Å²) in [6.45, 7) is 17.8. The van der Waals surface area contributed by atoms with E-state index in [4.69, 9.17) is 42.5 Å². The highest BCUT2D eigenvalue weighted by Gasteiger charge is 2.27. The van der Waals surface area contributed by atoms with Crippen LogP contribution in [-0.2, 0) is 14.4 Å². The largest absolute Gasteiger partial charge is 0.481 e. The molecule has 580 valence electrons. The Labute approximate surface area is 679 Å². The molecule has 4 heterocycles. The van der Waals surface area contributed by atoms with Gasteiger partial charge in [-0.1, -0.05) is 236 Å². The summed E-state index contributed by atoms with van der Waals surface area (Å²) >= 11 is 12.9. The Bertz CT molecular complexity index is 5760. The summed E-state index contributed by atoms with van der Waals surface area (Å²) in [7, 11) is 0. The minimum atomic E-state index is -0.745. The number of amides is 4. The third kappa shape index (κ3) is 20.4. The first kappa shape index (κ1) is 81.0. The van der Waals surface area contributed by atoms with Gasteiger partial charge in [0.15, 0.2) is 24.1 Å². The van der Waals surface area contributed by atoms with Crippen LogP contribution in [0.5, 0.6) is 17.2 Å². The maximum atomic E-state index is 13.3. The molecule has 21 heteroatoms. The molecule has 4 aromatic heterocycles. The molecule has 0 aliphatic carbocycles. The Morgan fingerprint density at radius 2 is 1.02 bits per heavy atom. The van der Waals surface area contributed by atoms with Crippen molar-refractivity contribution in [1.29, 1.82) is 5.26 Å². The summed E-state index contributed by atoms with van der Waals surface area (Å²) in [5.74, 6) is 2.47. The number of para-hydroxylation sites is 2. The minimum Gasteiger partial charge on any atom is -0.481 e. The number of aryl methyl sites for hydroxylation is 6. The van der Waals surface area contributed by atoms with Gasteiger partial charge < -0.3 is 50.4 Å². The molecule has 3 unspecified atom stereocenters. The lowest BCUT2D eigenvalue weighted by atomic mass is 10.0. The van der Waals surface area contributed by atoms with E-state index in [0.717, 1.165) is 103 Å². The summed E-state index contributed by atoms with van der Waals surface area (Å²) in [5.41, 5.74) is 18.0. The molecule has 19 nitrogen and oxygen atoms in total. The molecule has 4 amide bonds. The van der Waals surface area contributed by atoms with E-state index in [9.17, 15) is 24.4 Å². The first-order valence-electron chi connectivity index (χ1n) is 37.9. The van der Waals surface area contributed by atoms with E-state index in [1.807, 2.05) is 249 Å². The van der Waals surface area contributed by atoms with Crippen molar-refractivity contribution in [2.24, 2.45) is 0 Å². The number of rotatable bonds is 25. The fourth-order valence-electron chi connectivity index (χ4n) is 12.9. The molecule has 14 rings (SSSR count). The molecule has 0 saturated carbocycles. The first-order valence-corrected chi connectivity index (χ1v) is 38.7. The van der Waals surface area contributed by atoms with Gasteiger partial charge in [-0.2, -0.15) is 15.0 Å². The number of ether oxygens (including phenoxy) is 3. The molecule has 0 aliphatic rings. The van der Waals surface area contributed by atoms with Crippen molar-refractivity contribution in [1.82, 2.24) is 34.7 Å². The Hall–Kier alpha value is -13.5. The number of carbonyl (C=O) groups excluding carboxylic acids is 4. The quantitative estimate of drug-likeness (QED) is 0.0283. The van der Waals surface area contributed by atoms with E-state index < -0.39 is 18.3 Å². The standard InChI is InChI=1S/C36H31ClN6O3.C29H26ClN3O2.C29H31N3O2/c1-22-18-19-30(23(2)20-22)46-24(3)34(44)39-28-17-11-10-16-27(28)29-21-38-36(40-29)43-33(41-35(45)26-14-8-5-9-15-26)31(37)32(42-43)25-12-6-4-7-13-25;1-4-26(35-27-14-5-18(2)15-19(27)3)29(34)33-23-12-8-21(9-13-23)28-24(16-31)25(17-32-28)20-6-10-22(30)11-7-20;1-4-5-15-27(34-26-17-16-20(2)18-21(26)3)29(33)32-24-14-10-9-13-23(24)25-19-30-28(31-25)22-11-7-6-8-12-22/h4-21,24H,1-3H3,(H,38,40)(H,39,44)(H,41,45);5-15,17,26,32H,4H2,1-3H3,(H,33,34);6-14,16-19,27H,4-5,15H2,1-3H3,(H,30,31)(H,32,33). The van der Waals surface area contributed by atoms with E-state index in [1.165, 1.54) is 10.2 Å². The molecule has 0 spiro atoms. The number of hydrogen-bond acceptors (Lipinski definition) is 11. The van der Waals surface area contributed by atoms with Crippen LogP contribution in [0.3, 0.4) is 0 Å². The summed E-state index contributed by atoms with van der Waals surface area (Å²) in [6.07, 6.45) is 6.43. The van der Waals surface area contributed by atoms with Crippen LogP contribution in [0.4, 0.5) is 22.9 Å². The van der Waals surface area contributed by atoms with Gasteiger partial charge in [0, 0.05) is 50.3 Å². The number of H-pyrrole nitrogens is 3. The zero-order valence-electron chi connectivity index (χ0n) is 65.2. The Morgan fingerprint density at radius 3 is 1.58 bits per heavy atom. The van der Waals surface area contributed by atoms with Crippen molar-refractivity contribution in [2.45, 2.75) is 106 Å². The van der Waals surface area contributed by atoms with Gasteiger partial charge in [0.2, 0.25) is 5.95 Å². The number of halogens is 2. The molecule has 7 N–H and O–H groups in total. The predicted molar refractivity (Wildman–Crippen MR) is 459 cm³/mol. The first-order chi connectivity index (χ1) is 55.7. The Morgan fingerprint density at radius 1 is 0.513 bits per heavy atom. The van der Waals surface area contributed by atoms with Crippen LogP contribution in [0.1, 0.15) is 95.8 Å². The van der Waals surface area contributed by atoms with Gasteiger partial charge in [0.25, 0.3) is 23.6 Å². The molecule has 115 heavy (non-hydrogen) atoms. The van der Waals surface area contributed by atoms with E-state index in [0.29, 0.717) is 74.8 Å². The smallest absolute Gasteiger partial charge is 0.265 e. The topological polar surface area (TPSA) is 259 Å². The zero-order valence-corrected chi connectivity index (χ0v) is 66.7. The van der Waals surface area contributed by atoms with Crippen molar-refractivity contribution in [3.8, 4) is 96.8 Å². The number of benzene rings is 10. The van der Waals surface area contributed by atoms with Crippen LogP contribution >= 0.6 is 23.2 Å². The fraction of sp³-hybridized carbons (Fsp3) is 0.170. The number of nitrogens with one attached hydrogen (secondary N) is 7. The third-order valence-corrected chi connectivity index (χ3v) is 19.7. The molecule has 0 aliphatic heterocycles. The van der Waals surface area contributed by atoms with Crippen LogP contribution in [0.25, 0.3) is 73.5 Å². The summed E-state index contributed by atoms with van der Waals surface area (Å²) < 4.78 is 19.7. The van der Waals surface area contributed by atoms with E-state index in [1.54, 1.807) is 61.8 Å². The Balaban J connectivity index is 0.000000162.